The van der Waals surface area contributed by atoms with Gasteiger partial charge >= 0.3 is 0 Å². The molecule has 20 heavy (non-hydrogen) atoms. The topological polar surface area (TPSA) is 59.1 Å². The Hall–Kier alpha value is -1.44. The van der Waals surface area contributed by atoms with Crippen LogP contribution < -0.4 is 4.72 Å². The molecule has 102 valence electrons. The van der Waals surface area contributed by atoms with Crippen molar-refractivity contribution in [3.05, 3.63) is 53.0 Å². The number of thiazole rings is 1. The van der Waals surface area contributed by atoms with Crippen LogP contribution in [0.2, 0.25) is 0 Å². The summed E-state index contributed by atoms with van der Waals surface area (Å²) in [5, 5.41) is 0.363. The van der Waals surface area contributed by atoms with E-state index in [9.17, 15) is 8.42 Å². The number of sulfonamides is 1. The fraction of sp³-hybridized carbons (Fsp3) is 0. The molecule has 4 nitrogen and oxygen atoms in total. The second kappa shape index (κ2) is 5.16. The minimum absolute atomic E-state index is 0.223. The lowest BCUT2D eigenvalue weighted by Gasteiger charge is -2.03. The quantitative estimate of drug-likeness (QED) is 0.763. The summed E-state index contributed by atoms with van der Waals surface area (Å²) in [6.07, 6.45) is 0. The lowest BCUT2D eigenvalue weighted by molar-refractivity contribution is 0.601. The number of nitrogens with one attached hydrogen (secondary N) is 1. The van der Waals surface area contributed by atoms with Gasteiger partial charge in [-0.15, -0.1) is 0 Å². The Kier molecular flexibility index (Phi) is 3.49. The van der Waals surface area contributed by atoms with E-state index < -0.39 is 10.0 Å². The Balaban J connectivity index is 1.97. The van der Waals surface area contributed by atoms with Gasteiger partial charge in [-0.25, -0.2) is 13.4 Å². The Bertz CT molecular complexity index is 860. The van der Waals surface area contributed by atoms with Crippen molar-refractivity contribution in [3.63, 3.8) is 0 Å². The van der Waals surface area contributed by atoms with Crippen LogP contribution in [0.15, 0.2) is 57.9 Å². The summed E-state index contributed by atoms with van der Waals surface area (Å²) < 4.78 is 28.7. The lowest BCUT2D eigenvalue weighted by atomic mass is 10.3. The summed E-state index contributed by atoms with van der Waals surface area (Å²) >= 11 is 4.68. The molecule has 2 aromatic carbocycles. The maximum atomic E-state index is 12.2. The summed E-state index contributed by atoms with van der Waals surface area (Å²) in [6, 6.07) is 13.9. The molecule has 0 saturated heterocycles. The first-order valence-electron chi connectivity index (χ1n) is 5.68. The number of hydrogen-bond acceptors (Lipinski definition) is 4. The Morgan fingerprint density at radius 2 is 1.85 bits per heavy atom. The van der Waals surface area contributed by atoms with Crippen LogP contribution in [0.25, 0.3) is 10.2 Å². The monoisotopic (exact) mass is 368 g/mol. The molecule has 0 spiro atoms. The van der Waals surface area contributed by atoms with E-state index in [1.54, 1.807) is 30.3 Å². The van der Waals surface area contributed by atoms with Gasteiger partial charge in [0.15, 0.2) is 5.13 Å². The average molecular weight is 369 g/mol. The number of fused-ring (bicyclic) bond motifs is 1. The SMILES string of the molecule is O=S(=O)(Nc1nc2ccc(Br)cc2s1)c1ccccc1. The van der Waals surface area contributed by atoms with Crippen molar-refractivity contribution in [3.8, 4) is 0 Å². The van der Waals surface area contributed by atoms with Gasteiger partial charge in [0.2, 0.25) is 0 Å². The third-order valence-electron chi connectivity index (χ3n) is 2.63. The lowest BCUT2D eigenvalue weighted by Crippen LogP contribution is -2.12. The van der Waals surface area contributed by atoms with Crippen LogP contribution in [0.4, 0.5) is 5.13 Å². The first-order valence-corrected chi connectivity index (χ1v) is 8.78. The maximum Gasteiger partial charge on any atom is 0.263 e. The Morgan fingerprint density at radius 1 is 1.10 bits per heavy atom. The zero-order valence-corrected chi connectivity index (χ0v) is 13.3. The van der Waals surface area contributed by atoms with Gasteiger partial charge in [0.05, 0.1) is 15.1 Å². The number of anilines is 1. The van der Waals surface area contributed by atoms with Crippen molar-refractivity contribution >= 4 is 52.6 Å². The highest BCUT2D eigenvalue weighted by atomic mass is 79.9. The van der Waals surface area contributed by atoms with Crippen molar-refractivity contribution in [1.29, 1.82) is 0 Å². The normalized spacial score (nSPS) is 11.7. The summed E-state index contributed by atoms with van der Waals surface area (Å²) in [5.41, 5.74) is 0.768. The molecule has 1 heterocycles. The molecular weight excluding hydrogens is 360 g/mol. The summed E-state index contributed by atoms with van der Waals surface area (Å²) in [4.78, 5) is 4.49. The van der Waals surface area contributed by atoms with Crippen molar-refractivity contribution in [2.45, 2.75) is 4.90 Å². The molecule has 0 atom stereocenters. The van der Waals surface area contributed by atoms with Gasteiger partial charge < -0.3 is 0 Å². The predicted octanol–water partition coefficient (Wildman–Crippen LogP) is 3.86. The van der Waals surface area contributed by atoms with E-state index in [1.165, 1.54) is 11.3 Å². The predicted molar refractivity (Wildman–Crippen MR) is 84.6 cm³/mol. The van der Waals surface area contributed by atoms with Crippen LogP contribution in [0, 0.1) is 0 Å². The molecule has 0 radical (unpaired) electrons. The number of halogens is 1. The van der Waals surface area contributed by atoms with Crippen molar-refractivity contribution in [2.75, 3.05) is 4.72 Å². The standard InChI is InChI=1S/C13H9BrN2O2S2/c14-9-6-7-11-12(8-9)19-13(15-11)16-20(17,18)10-4-2-1-3-5-10/h1-8H,(H,15,16). The van der Waals surface area contributed by atoms with E-state index in [1.807, 2.05) is 18.2 Å². The van der Waals surface area contributed by atoms with Crippen LogP contribution in [-0.2, 0) is 10.0 Å². The van der Waals surface area contributed by atoms with Gasteiger partial charge in [-0.3, -0.25) is 4.72 Å². The number of benzene rings is 2. The number of rotatable bonds is 3. The highest BCUT2D eigenvalue weighted by molar-refractivity contribution is 9.10. The number of hydrogen-bond donors (Lipinski definition) is 1. The zero-order valence-electron chi connectivity index (χ0n) is 10.1. The number of nitrogens with zero attached hydrogens (tertiary/aromatic N) is 1. The fourth-order valence-electron chi connectivity index (χ4n) is 1.72. The molecule has 0 aliphatic heterocycles. The first-order chi connectivity index (χ1) is 9.54. The summed E-state index contributed by atoms with van der Waals surface area (Å²) in [5.74, 6) is 0. The fourth-order valence-corrected chi connectivity index (χ4v) is 4.39. The molecular formula is C13H9BrN2O2S2. The molecule has 1 aromatic heterocycles. The highest BCUT2D eigenvalue weighted by Gasteiger charge is 2.16. The van der Waals surface area contributed by atoms with Crippen molar-refractivity contribution in [2.24, 2.45) is 0 Å². The van der Waals surface area contributed by atoms with Crippen molar-refractivity contribution < 1.29 is 8.42 Å². The zero-order chi connectivity index (χ0) is 14.2. The summed E-state index contributed by atoms with van der Waals surface area (Å²) in [7, 11) is -3.58. The van der Waals surface area contributed by atoms with Gasteiger partial charge in [0.25, 0.3) is 10.0 Å². The Morgan fingerprint density at radius 3 is 2.60 bits per heavy atom. The molecule has 0 fully saturated rings. The third-order valence-corrected chi connectivity index (χ3v) is 5.54. The Labute approximate surface area is 128 Å². The first kappa shape index (κ1) is 13.5. The van der Waals surface area contributed by atoms with Crippen molar-refractivity contribution in [1.82, 2.24) is 4.98 Å². The van der Waals surface area contributed by atoms with E-state index in [0.717, 1.165) is 14.7 Å². The molecule has 3 rings (SSSR count). The molecule has 1 N–H and O–H groups in total. The van der Waals surface area contributed by atoms with Crippen LogP contribution >= 0.6 is 27.3 Å². The van der Waals surface area contributed by atoms with Crippen LogP contribution in [0.1, 0.15) is 0 Å². The van der Waals surface area contributed by atoms with E-state index in [-0.39, 0.29) is 4.90 Å². The van der Waals surface area contributed by atoms with Gasteiger partial charge in [0, 0.05) is 4.47 Å². The molecule has 0 saturated carbocycles. The highest BCUT2D eigenvalue weighted by Crippen LogP contribution is 2.29. The van der Waals surface area contributed by atoms with Crippen LogP contribution in [-0.4, -0.2) is 13.4 Å². The second-order valence-electron chi connectivity index (χ2n) is 4.05. The maximum absolute atomic E-state index is 12.2. The van der Waals surface area contributed by atoms with E-state index in [2.05, 4.69) is 25.6 Å². The number of aromatic nitrogens is 1. The smallest absolute Gasteiger partial charge is 0.255 e. The van der Waals surface area contributed by atoms with Crippen LogP contribution in [0.5, 0.6) is 0 Å². The second-order valence-corrected chi connectivity index (χ2v) is 7.68. The van der Waals surface area contributed by atoms with E-state index in [4.69, 9.17) is 0 Å². The largest absolute Gasteiger partial charge is 0.263 e. The average Bonchev–Trinajstić information content (AvgIpc) is 2.80. The summed E-state index contributed by atoms with van der Waals surface area (Å²) in [6.45, 7) is 0. The third kappa shape index (κ3) is 2.70. The van der Waals surface area contributed by atoms with E-state index in [0.29, 0.717) is 5.13 Å². The minimum atomic E-state index is -3.58. The molecule has 0 aliphatic carbocycles. The molecule has 0 aliphatic rings. The molecule has 0 unspecified atom stereocenters. The van der Waals surface area contributed by atoms with Gasteiger partial charge in [-0.1, -0.05) is 45.5 Å². The molecule has 3 aromatic rings. The minimum Gasteiger partial charge on any atom is -0.255 e. The van der Waals surface area contributed by atoms with Gasteiger partial charge in [-0.05, 0) is 30.3 Å². The van der Waals surface area contributed by atoms with E-state index >= 15 is 0 Å². The van der Waals surface area contributed by atoms with Gasteiger partial charge in [0.1, 0.15) is 0 Å². The molecule has 0 bridgehead atoms. The molecule has 0 amide bonds. The molecule has 7 heteroatoms. The van der Waals surface area contributed by atoms with Gasteiger partial charge in [-0.2, -0.15) is 0 Å². The van der Waals surface area contributed by atoms with Crippen LogP contribution in [0.3, 0.4) is 0 Å².